The maximum Gasteiger partial charge on any atom is 0.136 e. The molecule has 1 unspecified atom stereocenters. The molecule has 0 radical (unpaired) electrons. The van der Waals surface area contributed by atoms with E-state index in [0.717, 1.165) is 10.8 Å². The van der Waals surface area contributed by atoms with Gasteiger partial charge < -0.3 is 9.47 Å². The Bertz CT molecular complexity index is 578. The molecule has 0 aliphatic carbocycles. The molecule has 0 spiro atoms. The van der Waals surface area contributed by atoms with Crippen LogP contribution in [-0.2, 0) is 11.0 Å². The zero-order chi connectivity index (χ0) is 12.4. The van der Waals surface area contributed by atoms with E-state index >= 15 is 0 Å². The highest BCUT2D eigenvalue weighted by Gasteiger charge is 2.13. The lowest BCUT2D eigenvalue weighted by atomic mass is 10.1. The predicted octanol–water partition coefficient (Wildman–Crippen LogP) is 1.84. The normalized spacial score (nSPS) is 12.4. The molecule has 0 aromatic heterocycles. The molecule has 0 fully saturated rings. The second kappa shape index (κ2) is 4.73. The number of ether oxygens (including phenoxy) is 2. The van der Waals surface area contributed by atoms with Crippen LogP contribution in [0.25, 0.3) is 10.8 Å². The van der Waals surface area contributed by atoms with E-state index in [1.165, 1.54) is 7.11 Å². The first-order valence-corrected chi connectivity index (χ1v) is 6.19. The minimum atomic E-state index is -1.61. The molecule has 0 saturated heterocycles. The van der Waals surface area contributed by atoms with E-state index in [1.54, 1.807) is 19.2 Å². The Morgan fingerprint density at radius 1 is 1.12 bits per heavy atom. The van der Waals surface area contributed by atoms with Crippen molar-refractivity contribution in [3.8, 4) is 11.5 Å². The van der Waals surface area contributed by atoms with Crippen LogP contribution in [0.4, 0.5) is 0 Å². The van der Waals surface area contributed by atoms with Gasteiger partial charge in [-0.15, -0.1) is 0 Å². The van der Waals surface area contributed by atoms with Crippen LogP contribution in [-0.4, -0.2) is 18.4 Å². The van der Waals surface area contributed by atoms with Crippen molar-refractivity contribution in [3.05, 3.63) is 30.3 Å². The summed E-state index contributed by atoms with van der Waals surface area (Å²) in [4.78, 5) is 0.490. The number of nitrogens with two attached hydrogens (primary N) is 1. The van der Waals surface area contributed by atoms with E-state index in [-0.39, 0.29) is 0 Å². The number of hydrogen-bond acceptors (Lipinski definition) is 3. The SMILES string of the molecule is COc1ccc2ccc(OC)c(S(N)=O)c2c1. The summed E-state index contributed by atoms with van der Waals surface area (Å²) < 4.78 is 21.9. The first kappa shape index (κ1) is 11.9. The topological polar surface area (TPSA) is 61.6 Å². The van der Waals surface area contributed by atoms with Gasteiger partial charge in [0.1, 0.15) is 27.4 Å². The Hall–Kier alpha value is -1.59. The van der Waals surface area contributed by atoms with Gasteiger partial charge in [0, 0.05) is 5.39 Å². The van der Waals surface area contributed by atoms with Crippen molar-refractivity contribution in [3.63, 3.8) is 0 Å². The van der Waals surface area contributed by atoms with Gasteiger partial charge in [-0.1, -0.05) is 12.1 Å². The van der Waals surface area contributed by atoms with Crippen LogP contribution in [0.1, 0.15) is 0 Å². The molecule has 0 aliphatic rings. The molecular weight excluding hydrogens is 238 g/mol. The van der Waals surface area contributed by atoms with Crippen molar-refractivity contribution in [1.82, 2.24) is 0 Å². The highest BCUT2D eigenvalue weighted by molar-refractivity contribution is 7.83. The zero-order valence-electron chi connectivity index (χ0n) is 9.60. The summed E-state index contributed by atoms with van der Waals surface area (Å²) in [5.41, 5.74) is 0. The van der Waals surface area contributed by atoms with Crippen molar-refractivity contribution in [2.24, 2.45) is 5.14 Å². The van der Waals surface area contributed by atoms with Crippen LogP contribution >= 0.6 is 0 Å². The summed E-state index contributed by atoms with van der Waals surface area (Å²) in [7, 11) is 1.50. The van der Waals surface area contributed by atoms with Crippen molar-refractivity contribution in [1.29, 1.82) is 0 Å². The van der Waals surface area contributed by atoms with Gasteiger partial charge in [-0.05, 0) is 23.6 Å². The van der Waals surface area contributed by atoms with Gasteiger partial charge in [0.2, 0.25) is 0 Å². The maximum absolute atomic E-state index is 11.6. The van der Waals surface area contributed by atoms with E-state index < -0.39 is 11.0 Å². The molecule has 2 N–H and O–H groups in total. The quantitative estimate of drug-likeness (QED) is 0.905. The first-order chi connectivity index (χ1) is 8.17. The van der Waals surface area contributed by atoms with Gasteiger partial charge in [-0.3, -0.25) is 0 Å². The van der Waals surface area contributed by atoms with E-state index in [4.69, 9.17) is 14.6 Å². The summed E-state index contributed by atoms with van der Waals surface area (Å²) in [5.74, 6) is 1.21. The molecule has 17 heavy (non-hydrogen) atoms. The monoisotopic (exact) mass is 251 g/mol. The van der Waals surface area contributed by atoms with E-state index in [9.17, 15) is 4.21 Å². The van der Waals surface area contributed by atoms with Crippen LogP contribution in [0.3, 0.4) is 0 Å². The van der Waals surface area contributed by atoms with Gasteiger partial charge in [0.15, 0.2) is 0 Å². The Morgan fingerprint density at radius 2 is 1.82 bits per heavy atom. The Labute approximate surface area is 102 Å². The molecule has 0 amide bonds. The van der Waals surface area contributed by atoms with Gasteiger partial charge in [0.25, 0.3) is 0 Å². The van der Waals surface area contributed by atoms with Crippen LogP contribution in [0.5, 0.6) is 11.5 Å². The smallest absolute Gasteiger partial charge is 0.136 e. The second-order valence-corrected chi connectivity index (χ2v) is 4.48. The van der Waals surface area contributed by atoms with Crippen molar-refractivity contribution in [2.45, 2.75) is 4.90 Å². The van der Waals surface area contributed by atoms with Crippen molar-refractivity contribution >= 4 is 21.8 Å². The van der Waals surface area contributed by atoms with Gasteiger partial charge in [0.05, 0.1) is 14.2 Å². The molecule has 2 aromatic rings. The molecule has 2 rings (SSSR count). The fourth-order valence-electron chi connectivity index (χ4n) is 1.75. The highest BCUT2D eigenvalue weighted by atomic mass is 32.2. The first-order valence-electron chi connectivity index (χ1n) is 4.98. The van der Waals surface area contributed by atoms with Crippen molar-refractivity contribution < 1.29 is 13.7 Å². The van der Waals surface area contributed by atoms with Gasteiger partial charge in [-0.25, -0.2) is 9.35 Å². The third-order valence-electron chi connectivity index (χ3n) is 2.56. The molecular formula is C12H13NO3S. The number of rotatable bonds is 3. The summed E-state index contributed by atoms with van der Waals surface area (Å²) in [6.07, 6.45) is 0. The third-order valence-corrected chi connectivity index (χ3v) is 3.39. The molecule has 0 saturated carbocycles. The van der Waals surface area contributed by atoms with Crippen molar-refractivity contribution in [2.75, 3.05) is 14.2 Å². The highest BCUT2D eigenvalue weighted by Crippen LogP contribution is 2.32. The largest absolute Gasteiger partial charge is 0.497 e. The van der Waals surface area contributed by atoms with Crippen LogP contribution in [0.15, 0.2) is 35.2 Å². The molecule has 90 valence electrons. The lowest BCUT2D eigenvalue weighted by Gasteiger charge is -2.10. The van der Waals surface area contributed by atoms with Crippen LogP contribution < -0.4 is 14.6 Å². The Morgan fingerprint density at radius 3 is 2.41 bits per heavy atom. The Balaban J connectivity index is 2.81. The second-order valence-electron chi connectivity index (χ2n) is 3.48. The number of benzene rings is 2. The van der Waals surface area contributed by atoms with E-state index in [1.807, 2.05) is 18.2 Å². The van der Waals surface area contributed by atoms with Gasteiger partial charge >= 0.3 is 0 Å². The Kier molecular flexibility index (Phi) is 3.31. The maximum atomic E-state index is 11.6. The summed E-state index contributed by atoms with van der Waals surface area (Å²) in [5, 5.41) is 7.23. The lowest BCUT2D eigenvalue weighted by molar-refractivity contribution is 0.405. The summed E-state index contributed by atoms with van der Waals surface area (Å²) in [6, 6.07) is 9.19. The number of fused-ring (bicyclic) bond motifs is 1. The van der Waals surface area contributed by atoms with E-state index in [0.29, 0.717) is 16.4 Å². The van der Waals surface area contributed by atoms with Crippen LogP contribution in [0.2, 0.25) is 0 Å². The number of hydrogen-bond donors (Lipinski definition) is 1. The minimum Gasteiger partial charge on any atom is -0.497 e. The summed E-state index contributed by atoms with van der Waals surface area (Å²) in [6.45, 7) is 0. The average Bonchev–Trinajstić information content (AvgIpc) is 2.36. The molecule has 0 heterocycles. The average molecular weight is 251 g/mol. The molecule has 4 nitrogen and oxygen atoms in total. The van der Waals surface area contributed by atoms with Crippen LogP contribution in [0, 0.1) is 0 Å². The predicted molar refractivity (Wildman–Crippen MR) is 67.6 cm³/mol. The molecule has 1 atom stereocenters. The lowest BCUT2D eigenvalue weighted by Crippen LogP contribution is -2.05. The molecule has 0 bridgehead atoms. The van der Waals surface area contributed by atoms with E-state index in [2.05, 4.69) is 0 Å². The standard InChI is InChI=1S/C12H13NO3S/c1-15-9-5-3-8-4-6-11(16-2)12(17(13)14)10(8)7-9/h3-7H,13H2,1-2H3. The minimum absolute atomic E-state index is 0.490. The fraction of sp³-hybridized carbons (Fsp3) is 0.167. The molecule has 2 aromatic carbocycles. The molecule has 0 aliphatic heterocycles. The number of methoxy groups -OCH3 is 2. The third kappa shape index (κ3) is 2.11. The summed E-state index contributed by atoms with van der Waals surface area (Å²) >= 11 is 0. The zero-order valence-corrected chi connectivity index (χ0v) is 10.4. The fourth-order valence-corrected chi connectivity index (χ4v) is 2.49. The molecule has 5 heteroatoms. The van der Waals surface area contributed by atoms with Gasteiger partial charge in [-0.2, -0.15) is 0 Å².